The monoisotopic (exact) mass is 285 g/mol. The highest BCUT2D eigenvalue weighted by molar-refractivity contribution is 6.30. The van der Waals surface area contributed by atoms with E-state index in [1.807, 2.05) is 0 Å². The molecule has 2 N–H and O–H groups in total. The molecule has 19 heavy (non-hydrogen) atoms. The molecule has 0 saturated carbocycles. The lowest BCUT2D eigenvalue weighted by Gasteiger charge is -2.25. The van der Waals surface area contributed by atoms with Crippen LogP contribution in [0.4, 0.5) is 0 Å². The zero-order chi connectivity index (χ0) is 13.9. The second-order valence-corrected chi connectivity index (χ2v) is 4.97. The summed E-state index contributed by atoms with van der Waals surface area (Å²) in [6, 6.07) is 4.37. The zero-order valence-corrected chi connectivity index (χ0v) is 11.4. The Morgan fingerprint density at radius 2 is 2.42 bits per heavy atom. The van der Waals surface area contributed by atoms with Crippen LogP contribution in [0, 0.1) is 0 Å². The van der Waals surface area contributed by atoms with Crippen molar-refractivity contribution in [1.82, 2.24) is 5.32 Å². The molecule has 1 aliphatic rings. The molecule has 1 amide bonds. The van der Waals surface area contributed by atoms with Crippen molar-refractivity contribution in [1.29, 1.82) is 0 Å². The Morgan fingerprint density at radius 3 is 3.00 bits per heavy atom. The number of carbonyl (C=O) groups is 1. The summed E-state index contributed by atoms with van der Waals surface area (Å²) in [6.07, 6.45) is 0.733. The maximum absolute atomic E-state index is 12.0. The summed E-state index contributed by atoms with van der Waals surface area (Å²) in [5.41, 5.74) is -0.285. The van der Waals surface area contributed by atoms with Gasteiger partial charge in [0, 0.05) is 31.7 Å². The standard InChI is InChI=1S/C13H16ClNO4/c1-18-13(4-5-19-8-13)7-15-12(17)10-3-2-9(14)6-11(10)16/h2-3,6,16H,4-5,7-8H2,1H3,(H,15,17). The van der Waals surface area contributed by atoms with Gasteiger partial charge in [-0.1, -0.05) is 11.6 Å². The number of methoxy groups -OCH3 is 1. The van der Waals surface area contributed by atoms with E-state index in [1.54, 1.807) is 13.2 Å². The predicted octanol–water partition coefficient (Wildman–Crippen LogP) is 1.58. The fourth-order valence-corrected chi connectivity index (χ4v) is 2.16. The van der Waals surface area contributed by atoms with Gasteiger partial charge in [-0.25, -0.2) is 0 Å². The Balaban J connectivity index is 2.01. The average molecular weight is 286 g/mol. The second kappa shape index (κ2) is 5.77. The average Bonchev–Trinajstić information content (AvgIpc) is 2.85. The highest BCUT2D eigenvalue weighted by Crippen LogP contribution is 2.24. The van der Waals surface area contributed by atoms with Crippen molar-refractivity contribution in [2.45, 2.75) is 12.0 Å². The van der Waals surface area contributed by atoms with E-state index in [2.05, 4.69) is 5.32 Å². The van der Waals surface area contributed by atoms with E-state index in [-0.39, 0.29) is 17.2 Å². The van der Waals surface area contributed by atoms with Gasteiger partial charge in [-0.2, -0.15) is 0 Å². The predicted molar refractivity (Wildman–Crippen MR) is 70.6 cm³/mol. The zero-order valence-electron chi connectivity index (χ0n) is 10.6. The van der Waals surface area contributed by atoms with Gasteiger partial charge in [-0.15, -0.1) is 0 Å². The number of carbonyl (C=O) groups excluding carboxylic acids is 1. The van der Waals surface area contributed by atoms with Gasteiger partial charge in [0.05, 0.1) is 12.2 Å². The number of ether oxygens (including phenoxy) is 2. The molecule has 1 atom stereocenters. The molecular formula is C13H16ClNO4. The maximum Gasteiger partial charge on any atom is 0.255 e. The van der Waals surface area contributed by atoms with Gasteiger partial charge in [-0.05, 0) is 18.2 Å². The van der Waals surface area contributed by atoms with Gasteiger partial charge in [0.1, 0.15) is 11.4 Å². The number of benzene rings is 1. The Kier molecular flexibility index (Phi) is 4.29. The smallest absolute Gasteiger partial charge is 0.255 e. The van der Waals surface area contributed by atoms with Crippen molar-refractivity contribution in [2.75, 3.05) is 26.9 Å². The van der Waals surface area contributed by atoms with Crippen LogP contribution in [-0.2, 0) is 9.47 Å². The minimum Gasteiger partial charge on any atom is -0.507 e. The fourth-order valence-electron chi connectivity index (χ4n) is 1.99. The van der Waals surface area contributed by atoms with Crippen LogP contribution in [0.25, 0.3) is 0 Å². The number of phenols is 1. The molecule has 1 aromatic rings. The first-order valence-electron chi connectivity index (χ1n) is 5.96. The SMILES string of the molecule is COC1(CNC(=O)c2ccc(Cl)cc2O)CCOC1. The third kappa shape index (κ3) is 3.18. The molecule has 0 aromatic heterocycles. The number of hydrogen-bond donors (Lipinski definition) is 2. The lowest BCUT2D eigenvalue weighted by Crippen LogP contribution is -2.45. The molecule has 2 rings (SSSR count). The van der Waals surface area contributed by atoms with Crippen LogP contribution in [0.2, 0.25) is 5.02 Å². The molecule has 1 aliphatic heterocycles. The first kappa shape index (κ1) is 14.1. The first-order chi connectivity index (χ1) is 9.06. The van der Waals surface area contributed by atoms with Crippen LogP contribution in [-0.4, -0.2) is 43.5 Å². The summed E-state index contributed by atoms with van der Waals surface area (Å²) < 4.78 is 10.7. The van der Waals surface area contributed by atoms with Crippen LogP contribution in [0.3, 0.4) is 0 Å². The Hall–Kier alpha value is -1.30. The van der Waals surface area contributed by atoms with Crippen LogP contribution < -0.4 is 5.32 Å². The summed E-state index contributed by atoms with van der Waals surface area (Å²) in [5, 5.41) is 12.8. The van der Waals surface area contributed by atoms with Gasteiger partial charge >= 0.3 is 0 Å². The highest BCUT2D eigenvalue weighted by atomic mass is 35.5. The number of hydrogen-bond acceptors (Lipinski definition) is 4. The van der Waals surface area contributed by atoms with Crippen LogP contribution in [0.1, 0.15) is 16.8 Å². The molecular weight excluding hydrogens is 270 g/mol. The number of aromatic hydroxyl groups is 1. The molecule has 1 saturated heterocycles. The molecule has 1 unspecified atom stereocenters. The van der Waals surface area contributed by atoms with Crippen molar-refractivity contribution in [3.63, 3.8) is 0 Å². The summed E-state index contributed by atoms with van der Waals surface area (Å²) in [7, 11) is 1.60. The highest BCUT2D eigenvalue weighted by Gasteiger charge is 2.35. The summed E-state index contributed by atoms with van der Waals surface area (Å²) in [6.45, 7) is 1.41. The van der Waals surface area contributed by atoms with Crippen LogP contribution in [0.15, 0.2) is 18.2 Å². The fraction of sp³-hybridized carbons (Fsp3) is 0.462. The summed E-state index contributed by atoms with van der Waals surface area (Å²) >= 11 is 5.72. The Labute approximate surface area is 116 Å². The number of phenolic OH excluding ortho intramolecular Hbond substituents is 1. The number of rotatable bonds is 4. The van der Waals surface area contributed by atoms with Crippen molar-refractivity contribution in [2.24, 2.45) is 0 Å². The van der Waals surface area contributed by atoms with E-state index in [4.69, 9.17) is 21.1 Å². The van der Waals surface area contributed by atoms with E-state index in [0.717, 1.165) is 6.42 Å². The lowest BCUT2D eigenvalue weighted by molar-refractivity contribution is -0.0148. The minimum absolute atomic E-state index is 0.140. The molecule has 1 fully saturated rings. The first-order valence-corrected chi connectivity index (χ1v) is 6.34. The quantitative estimate of drug-likeness (QED) is 0.881. The van der Waals surface area contributed by atoms with Crippen LogP contribution >= 0.6 is 11.6 Å². The number of halogens is 1. The Morgan fingerprint density at radius 1 is 1.63 bits per heavy atom. The number of amides is 1. The largest absolute Gasteiger partial charge is 0.507 e. The number of nitrogens with one attached hydrogen (secondary N) is 1. The summed E-state index contributed by atoms with van der Waals surface area (Å²) in [5.74, 6) is -0.503. The van der Waals surface area contributed by atoms with E-state index in [1.165, 1.54) is 12.1 Å². The normalized spacial score (nSPS) is 22.4. The van der Waals surface area contributed by atoms with Crippen molar-refractivity contribution >= 4 is 17.5 Å². The van der Waals surface area contributed by atoms with Gasteiger partial charge < -0.3 is 19.9 Å². The molecule has 0 radical (unpaired) electrons. The Bertz CT molecular complexity index is 472. The van der Waals surface area contributed by atoms with Gasteiger partial charge in [0.2, 0.25) is 0 Å². The molecule has 104 valence electrons. The molecule has 6 heteroatoms. The lowest BCUT2D eigenvalue weighted by atomic mass is 10.0. The third-order valence-electron chi connectivity index (χ3n) is 3.28. The molecule has 5 nitrogen and oxygen atoms in total. The van der Waals surface area contributed by atoms with E-state index < -0.39 is 5.60 Å². The molecule has 1 aromatic carbocycles. The van der Waals surface area contributed by atoms with E-state index in [0.29, 0.717) is 24.8 Å². The van der Waals surface area contributed by atoms with Crippen molar-refractivity contribution in [3.05, 3.63) is 28.8 Å². The molecule has 1 heterocycles. The van der Waals surface area contributed by atoms with Gasteiger partial charge in [0.25, 0.3) is 5.91 Å². The van der Waals surface area contributed by atoms with E-state index >= 15 is 0 Å². The molecule has 0 spiro atoms. The van der Waals surface area contributed by atoms with Crippen LogP contribution in [0.5, 0.6) is 5.75 Å². The topological polar surface area (TPSA) is 67.8 Å². The second-order valence-electron chi connectivity index (χ2n) is 4.53. The maximum atomic E-state index is 12.0. The van der Waals surface area contributed by atoms with Gasteiger partial charge in [0.15, 0.2) is 0 Å². The molecule has 0 bridgehead atoms. The van der Waals surface area contributed by atoms with Gasteiger partial charge in [-0.3, -0.25) is 4.79 Å². The van der Waals surface area contributed by atoms with Crippen molar-refractivity contribution in [3.8, 4) is 5.75 Å². The minimum atomic E-state index is -0.474. The third-order valence-corrected chi connectivity index (χ3v) is 3.51. The molecule has 0 aliphatic carbocycles. The van der Waals surface area contributed by atoms with E-state index in [9.17, 15) is 9.90 Å². The van der Waals surface area contributed by atoms with Crippen molar-refractivity contribution < 1.29 is 19.4 Å². The summed E-state index contributed by atoms with van der Waals surface area (Å²) in [4.78, 5) is 12.0.